The van der Waals surface area contributed by atoms with E-state index >= 15 is 0 Å². The van der Waals surface area contributed by atoms with Crippen molar-refractivity contribution in [1.29, 1.82) is 0 Å². The van der Waals surface area contributed by atoms with Crippen molar-refractivity contribution in [2.75, 3.05) is 6.54 Å². The van der Waals surface area contributed by atoms with Crippen LogP contribution in [0.1, 0.15) is 52.9 Å². The molecule has 3 rings (SSSR count). The number of amides is 1. The molecule has 0 bridgehead atoms. The molecule has 0 spiro atoms. The van der Waals surface area contributed by atoms with Gasteiger partial charge in [0, 0.05) is 19.0 Å². The SMILES string of the molecule is CC.CC1CC2CCC(=O)N3CCC(C1)C23. The van der Waals surface area contributed by atoms with Crippen LogP contribution in [0.25, 0.3) is 0 Å². The zero-order valence-electron chi connectivity index (χ0n) is 10.9. The van der Waals surface area contributed by atoms with Gasteiger partial charge < -0.3 is 4.90 Å². The predicted molar refractivity (Wildman–Crippen MR) is 66.1 cm³/mol. The standard InChI is InChI=1S/C12H19NO.C2H6/c1-8-6-9-2-3-11(14)13-5-4-10(7-8)12(9)13;1-2/h8-10,12H,2-7H2,1H3;1-2H3. The maximum absolute atomic E-state index is 11.7. The van der Waals surface area contributed by atoms with Crippen molar-refractivity contribution < 1.29 is 4.79 Å². The van der Waals surface area contributed by atoms with Gasteiger partial charge in [-0.2, -0.15) is 0 Å². The maximum Gasteiger partial charge on any atom is 0.222 e. The van der Waals surface area contributed by atoms with E-state index < -0.39 is 0 Å². The summed E-state index contributed by atoms with van der Waals surface area (Å²) in [6.07, 6.45) is 5.99. The minimum atomic E-state index is 0.434. The average Bonchev–Trinajstić information content (AvgIpc) is 2.71. The van der Waals surface area contributed by atoms with Crippen molar-refractivity contribution in [3.05, 3.63) is 0 Å². The summed E-state index contributed by atoms with van der Waals surface area (Å²) < 4.78 is 0. The summed E-state index contributed by atoms with van der Waals surface area (Å²) in [5.74, 6) is 3.01. The fourth-order valence-corrected chi connectivity index (χ4v) is 4.08. The van der Waals surface area contributed by atoms with Crippen molar-refractivity contribution in [3.8, 4) is 0 Å². The first-order valence-corrected chi connectivity index (χ1v) is 7.05. The van der Waals surface area contributed by atoms with E-state index in [9.17, 15) is 4.79 Å². The summed E-state index contributed by atoms with van der Waals surface area (Å²) >= 11 is 0. The van der Waals surface area contributed by atoms with Crippen molar-refractivity contribution in [2.45, 2.75) is 58.9 Å². The molecule has 1 amide bonds. The Morgan fingerprint density at radius 2 is 1.75 bits per heavy atom. The highest BCUT2D eigenvalue weighted by atomic mass is 16.2. The van der Waals surface area contributed by atoms with Crippen LogP contribution in [0.15, 0.2) is 0 Å². The Kier molecular flexibility index (Phi) is 3.56. The second kappa shape index (κ2) is 4.77. The van der Waals surface area contributed by atoms with E-state index in [1.807, 2.05) is 13.8 Å². The van der Waals surface area contributed by atoms with Gasteiger partial charge in [0.15, 0.2) is 0 Å². The van der Waals surface area contributed by atoms with Crippen molar-refractivity contribution in [3.63, 3.8) is 0 Å². The predicted octanol–water partition coefficient (Wildman–Crippen LogP) is 3.07. The second-order valence-corrected chi connectivity index (χ2v) is 5.50. The van der Waals surface area contributed by atoms with Crippen LogP contribution in [0.3, 0.4) is 0 Å². The molecule has 3 fully saturated rings. The molecule has 1 saturated carbocycles. The molecule has 2 aliphatic heterocycles. The molecule has 4 atom stereocenters. The molecule has 2 heteroatoms. The van der Waals surface area contributed by atoms with E-state index in [2.05, 4.69) is 11.8 Å². The molecule has 0 radical (unpaired) electrons. The van der Waals surface area contributed by atoms with Crippen LogP contribution in [0.5, 0.6) is 0 Å². The van der Waals surface area contributed by atoms with E-state index in [1.54, 1.807) is 0 Å². The fraction of sp³-hybridized carbons (Fsp3) is 0.929. The molecule has 4 unspecified atom stereocenters. The molecule has 0 N–H and O–H groups in total. The summed E-state index contributed by atoms with van der Waals surface area (Å²) in [6.45, 7) is 7.44. The Hall–Kier alpha value is -0.530. The van der Waals surface area contributed by atoms with Crippen LogP contribution < -0.4 is 0 Å². The average molecular weight is 223 g/mol. The molecule has 2 heterocycles. The van der Waals surface area contributed by atoms with Gasteiger partial charge in [-0.3, -0.25) is 4.79 Å². The first kappa shape index (κ1) is 11.9. The number of carbonyl (C=O) groups is 1. The molecule has 2 saturated heterocycles. The third kappa shape index (κ3) is 1.87. The zero-order chi connectivity index (χ0) is 11.7. The highest BCUT2D eigenvalue weighted by molar-refractivity contribution is 5.77. The molecule has 0 aromatic heterocycles. The number of nitrogens with zero attached hydrogens (tertiary/aromatic N) is 1. The van der Waals surface area contributed by atoms with Gasteiger partial charge in [-0.05, 0) is 43.4 Å². The lowest BCUT2D eigenvalue weighted by Gasteiger charge is -2.44. The molecule has 92 valence electrons. The summed E-state index contributed by atoms with van der Waals surface area (Å²) in [5, 5.41) is 0. The van der Waals surface area contributed by atoms with E-state index in [0.717, 1.165) is 30.7 Å². The Labute approximate surface area is 99.4 Å². The third-order valence-electron chi connectivity index (χ3n) is 4.53. The molecule has 0 aromatic rings. The Balaban J connectivity index is 0.000000457. The normalized spacial score (nSPS) is 41.2. The summed E-state index contributed by atoms with van der Waals surface area (Å²) in [5.41, 5.74) is 0. The second-order valence-electron chi connectivity index (χ2n) is 5.50. The van der Waals surface area contributed by atoms with E-state index in [0.29, 0.717) is 11.9 Å². The van der Waals surface area contributed by atoms with E-state index in [1.165, 1.54) is 25.7 Å². The van der Waals surface area contributed by atoms with Crippen LogP contribution in [-0.4, -0.2) is 23.4 Å². The minimum Gasteiger partial charge on any atom is -0.339 e. The van der Waals surface area contributed by atoms with E-state index in [4.69, 9.17) is 0 Å². The zero-order valence-corrected chi connectivity index (χ0v) is 10.9. The Bertz CT molecular complexity index is 263. The quantitative estimate of drug-likeness (QED) is 0.618. The number of piperidine rings is 1. The lowest BCUT2D eigenvalue weighted by atomic mass is 9.70. The number of carbonyl (C=O) groups excluding carboxylic acids is 1. The topological polar surface area (TPSA) is 20.3 Å². The van der Waals surface area contributed by atoms with Crippen LogP contribution >= 0.6 is 0 Å². The summed E-state index contributed by atoms with van der Waals surface area (Å²) in [4.78, 5) is 13.9. The molecule has 16 heavy (non-hydrogen) atoms. The fourth-order valence-electron chi connectivity index (χ4n) is 4.08. The molecule has 1 aliphatic carbocycles. The van der Waals surface area contributed by atoms with Gasteiger partial charge in [-0.15, -0.1) is 0 Å². The molecular weight excluding hydrogens is 198 g/mol. The molecule has 2 nitrogen and oxygen atoms in total. The van der Waals surface area contributed by atoms with Gasteiger partial charge in [0.1, 0.15) is 0 Å². The van der Waals surface area contributed by atoms with Crippen molar-refractivity contribution in [2.24, 2.45) is 17.8 Å². The minimum absolute atomic E-state index is 0.434. The van der Waals surface area contributed by atoms with Gasteiger partial charge >= 0.3 is 0 Å². The lowest BCUT2D eigenvalue weighted by Crippen LogP contribution is -2.49. The van der Waals surface area contributed by atoms with Gasteiger partial charge in [-0.1, -0.05) is 20.8 Å². The summed E-state index contributed by atoms with van der Waals surface area (Å²) in [6, 6.07) is 0.646. The van der Waals surface area contributed by atoms with Gasteiger partial charge in [0.05, 0.1) is 0 Å². The number of rotatable bonds is 0. The van der Waals surface area contributed by atoms with Crippen LogP contribution in [0.2, 0.25) is 0 Å². The highest BCUT2D eigenvalue weighted by Crippen LogP contribution is 2.46. The monoisotopic (exact) mass is 223 g/mol. The summed E-state index contributed by atoms with van der Waals surface area (Å²) in [7, 11) is 0. The van der Waals surface area contributed by atoms with Crippen LogP contribution in [0.4, 0.5) is 0 Å². The largest absolute Gasteiger partial charge is 0.339 e. The van der Waals surface area contributed by atoms with E-state index in [-0.39, 0.29) is 0 Å². The molecular formula is C14H25NO. The lowest BCUT2D eigenvalue weighted by molar-refractivity contribution is -0.138. The number of hydrogen-bond donors (Lipinski definition) is 0. The van der Waals surface area contributed by atoms with Crippen molar-refractivity contribution >= 4 is 5.91 Å². The van der Waals surface area contributed by atoms with Gasteiger partial charge in [0.25, 0.3) is 0 Å². The first-order chi connectivity index (χ1) is 7.75. The third-order valence-corrected chi connectivity index (χ3v) is 4.53. The van der Waals surface area contributed by atoms with Crippen LogP contribution in [0, 0.1) is 17.8 Å². The van der Waals surface area contributed by atoms with Gasteiger partial charge in [0.2, 0.25) is 5.91 Å². The highest BCUT2D eigenvalue weighted by Gasteiger charge is 2.47. The molecule has 3 aliphatic rings. The van der Waals surface area contributed by atoms with Crippen LogP contribution in [-0.2, 0) is 4.79 Å². The Morgan fingerprint density at radius 3 is 2.44 bits per heavy atom. The smallest absolute Gasteiger partial charge is 0.222 e. The maximum atomic E-state index is 11.7. The Morgan fingerprint density at radius 1 is 1.12 bits per heavy atom. The van der Waals surface area contributed by atoms with Gasteiger partial charge in [-0.25, -0.2) is 0 Å². The van der Waals surface area contributed by atoms with Crippen molar-refractivity contribution in [1.82, 2.24) is 4.90 Å². The number of hydrogen-bond acceptors (Lipinski definition) is 1. The first-order valence-electron chi connectivity index (χ1n) is 7.05. The molecule has 0 aromatic carbocycles.